The van der Waals surface area contributed by atoms with Crippen LogP contribution in [0.15, 0.2) is 30.3 Å². The number of hydrogen-bond acceptors (Lipinski definition) is 6. The molecule has 0 aliphatic heterocycles. The summed E-state index contributed by atoms with van der Waals surface area (Å²) in [5.74, 6) is 3.22. The van der Waals surface area contributed by atoms with Gasteiger partial charge in [-0.3, -0.25) is 4.79 Å². The number of terminal acetylenes is 1. The maximum atomic E-state index is 12.6. The Morgan fingerprint density at radius 1 is 1.32 bits per heavy atom. The predicted octanol–water partition coefficient (Wildman–Crippen LogP) is 3.31. The average molecular weight is 510 g/mol. The largest absolute Gasteiger partial charge is 0.493 e. The molecule has 28 heavy (non-hydrogen) atoms. The molecule has 0 aliphatic rings. The molecule has 1 aromatic heterocycles. The summed E-state index contributed by atoms with van der Waals surface area (Å²) in [7, 11) is 1.54. The Bertz CT molecular complexity index is 885. The molecule has 0 radical (unpaired) electrons. The third kappa shape index (κ3) is 6.41. The van der Waals surface area contributed by atoms with Gasteiger partial charge in [-0.05, 0) is 58.8 Å². The van der Waals surface area contributed by atoms with Gasteiger partial charge in [-0.15, -0.1) is 17.8 Å². The highest BCUT2D eigenvalue weighted by atomic mass is 127. The van der Waals surface area contributed by atoms with Crippen molar-refractivity contribution in [2.45, 2.75) is 12.5 Å². The van der Waals surface area contributed by atoms with Gasteiger partial charge in [0, 0.05) is 11.4 Å². The molecular formula is C20H19IN2O4S. The van der Waals surface area contributed by atoms with Crippen molar-refractivity contribution in [2.75, 3.05) is 26.9 Å². The zero-order valence-electron chi connectivity index (χ0n) is 15.2. The van der Waals surface area contributed by atoms with Crippen molar-refractivity contribution in [3.63, 3.8) is 0 Å². The number of nitrogens with one attached hydrogen (secondary N) is 1. The number of carbonyl (C=O) groups is 1. The van der Waals surface area contributed by atoms with E-state index in [0.29, 0.717) is 24.5 Å². The van der Waals surface area contributed by atoms with E-state index in [4.69, 9.17) is 25.9 Å². The predicted molar refractivity (Wildman–Crippen MR) is 115 cm³/mol. The molecule has 1 unspecified atom stereocenters. The van der Waals surface area contributed by atoms with Crippen LogP contribution in [0.25, 0.3) is 0 Å². The van der Waals surface area contributed by atoms with Gasteiger partial charge in [0.2, 0.25) is 0 Å². The van der Waals surface area contributed by atoms with E-state index in [1.165, 1.54) is 18.4 Å². The van der Waals surface area contributed by atoms with Gasteiger partial charge < -0.3 is 19.5 Å². The molecule has 6 nitrogen and oxygen atoms in total. The van der Waals surface area contributed by atoms with Crippen LogP contribution in [0, 0.1) is 26.6 Å². The number of ether oxygens (including phenoxy) is 3. The molecule has 1 N–H and O–H groups in total. The summed E-state index contributed by atoms with van der Waals surface area (Å²) < 4.78 is 17.2. The van der Waals surface area contributed by atoms with Gasteiger partial charge in [-0.25, -0.2) is 0 Å². The first-order valence-corrected chi connectivity index (χ1v) is 10.2. The second kappa shape index (κ2) is 11.5. The number of thiophene rings is 1. The first kappa shape index (κ1) is 22.0. The Hall–Kier alpha value is -2.27. The minimum Gasteiger partial charge on any atom is -0.493 e. The fourth-order valence-corrected chi connectivity index (χ4v) is 4.13. The number of amides is 1. The third-order valence-corrected chi connectivity index (χ3v) is 5.59. The molecule has 146 valence electrons. The van der Waals surface area contributed by atoms with E-state index in [1.54, 1.807) is 6.07 Å². The summed E-state index contributed by atoms with van der Waals surface area (Å²) in [5.41, 5.74) is 0.966. The lowest BCUT2D eigenvalue weighted by atomic mass is 10.1. The van der Waals surface area contributed by atoms with Gasteiger partial charge in [-0.1, -0.05) is 12.0 Å². The molecule has 1 atom stereocenters. The van der Waals surface area contributed by atoms with E-state index >= 15 is 0 Å². The van der Waals surface area contributed by atoms with Gasteiger partial charge in [0.1, 0.15) is 12.7 Å². The number of carbonyl (C=O) groups excluding carboxylic acids is 1. The average Bonchev–Trinajstić information content (AvgIpc) is 3.13. The zero-order chi connectivity index (χ0) is 20.4. The topological polar surface area (TPSA) is 80.6 Å². The van der Waals surface area contributed by atoms with E-state index < -0.39 is 6.10 Å². The molecule has 1 aromatic carbocycles. The summed E-state index contributed by atoms with van der Waals surface area (Å²) in [6, 6.07) is 11.2. The minimum absolute atomic E-state index is 0.0491. The molecular weight excluding hydrogens is 491 g/mol. The van der Waals surface area contributed by atoms with Crippen molar-refractivity contribution in [1.82, 2.24) is 5.32 Å². The molecule has 2 rings (SSSR count). The minimum atomic E-state index is -0.721. The smallest absolute Gasteiger partial charge is 0.254 e. The van der Waals surface area contributed by atoms with Crippen molar-refractivity contribution >= 4 is 39.8 Å². The molecule has 0 bridgehead atoms. The first-order valence-electron chi connectivity index (χ1n) is 8.33. The van der Waals surface area contributed by atoms with Crippen LogP contribution in [0.5, 0.6) is 11.5 Å². The lowest BCUT2D eigenvalue weighted by Gasteiger charge is -2.15. The Labute approximate surface area is 181 Å². The summed E-state index contributed by atoms with van der Waals surface area (Å²) in [4.78, 5) is 13.4. The highest BCUT2D eigenvalue weighted by molar-refractivity contribution is 14.1. The van der Waals surface area contributed by atoms with Crippen LogP contribution in [0.1, 0.15) is 16.5 Å². The number of nitriles is 1. The second-order valence-electron chi connectivity index (χ2n) is 5.51. The number of halogens is 1. The molecule has 0 spiro atoms. The van der Waals surface area contributed by atoms with E-state index in [-0.39, 0.29) is 19.1 Å². The summed E-state index contributed by atoms with van der Waals surface area (Å²) in [6.07, 6.45) is 5.14. The zero-order valence-corrected chi connectivity index (χ0v) is 18.2. The fraction of sp³-hybridized carbons (Fsp3) is 0.300. The van der Waals surface area contributed by atoms with Crippen LogP contribution >= 0.6 is 33.9 Å². The highest BCUT2D eigenvalue weighted by Gasteiger charge is 2.22. The van der Waals surface area contributed by atoms with Crippen molar-refractivity contribution in [3.8, 4) is 29.9 Å². The number of benzene rings is 1. The fourth-order valence-electron chi connectivity index (χ4n) is 2.41. The SMILES string of the molecule is C#CCOC(C(=O)NCCc1ccc(OCC#N)c(OC)c1)c1ccc(I)s1. The van der Waals surface area contributed by atoms with Gasteiger partial charge in [0.25, 0.3) is 5.91 Å². The second-order valence-corrected chi connectivity index (χ2v) is 8.52. The van der Waals surface area contributed by atoms with Crippen LogP contribution in [0.4, 0.5) is 0 Å². The number of rotatable bonds is 10. The standard InChI is InChI=1S/C20H19IN2O4S/c1-3-11-27-19(17-6-7-18(21)28-17)20(24)23-10-8-14-4-5-15(26-12-9-22)16(13-14)25-2/h1,4-7,13,19H,8,10-12H2,2H3,(H,23,24). The summed E-state index contributed by atoms with van der Waals surface area (Å²) in [5, 5.41) is 11.5. The highest BCUT2D eigenvalue weighted by Crippen LogP contribution is 2.29. The number of nitrogens with zero attached hydrogens (tertiary/aromatic N) is 1. The van der Waals surface area contributed by atoms with E-state index in [2.05, 4.69) is 33.8 Å². The molecule has 2 aromatic rings. The molecule has 1 heterocycles. The molecule has 0 saturated heterocycles. The molecule has 1 amide bonds. The summed E-state index contributed by atoms with van der Waals surface area (Å²) in [6.45, 7) is 0.444. The lowest BCUT2D eigenvalue weighted by molar-refractivity contribution is -0.132. The Morgan fingerprint density at radius 2 is 2.14 bits per heavy atom. The van der Waals surface area contributed by atoms with Crippen molar-refractivity contribution in [2.24, 2.45) is 0 Å². The molecule has 8 heteroatoms. The van der Waals surface area contributed by atoms with Crippen molar-refractivity contribution in [1.29, 1.82) is 5.26 Å². The van der Waals surface area contributed by atoms with Gasteiger partial charge in [0.05, 0.1) is 9.99 Å². The molecule has 0 saturated carbocycles. The quantitative estimate of drug-likeness (QED) is 0.392. The Balaban J connectivity index is 1.96. The maximum absolute atomic E-state index is 12.6. The van der Waals surface area contributed by atoms with Crippen LogP contribution in [-0.4, -0.2) is 32.8 Å². The van der Waals surface area contributed by atoms with Gasteiger partial charge in [-0.2, -0.15) is 5.26 Å². The van der Waals surface area contributed by atoms with Crippen molar-refractivity contribution in [3.05, 3.63) is 43.7 Å². The molecule has 0 fully saturated rings. The van der Waals surface area contributed by atoms with Gasteiger partial charge >= 0.3 is 0 Å². The van der Waals surface area contributed by atoms with Crippen molar-refractivity contribution < 1.29 is 19.0 Å². The van der Waals surface area contributed by atoms with Crippen LogP contribution in [-0.2, 0) is 16.0 Å². The third-order valence-electron chi connectivity index (χ3n) is 3.66. The van der Waals surface area contributed by atoms with E-state index in [0.717, 1.165) is 13.3 Å². The van der Waals surface area contributed by atoms with E-state index in [1.807, 2.05) is 30.3 Å². The number of hydrogen-bond donors (Lipinski definition) is 1. The molecule has 0 aliphatic carbocycles. The first-order chi connectivity index (χ1) is 13.6. The Morgan fingerprint density at radius 3 is 2.79 bits per heavy atom. The van der Waals surface area contributed by atoms with Crippen LogP contribution in [0.2, 0.25) is 0 Å². The van der Waals surface area contributed by atoms with Crippen LogP contribution < -0.4 is 14.8 Å². The normalized spacial score (nSPS) is 11.1. The van der Waals surface area contributed by atoms with E-state index in [9.17, 15) is 4.79 Å². The maximum Gasteiger partial charge on any atom is 0.254 e. The van der Waals surface area contributed by atoms with Crippen LogP contribution in [0.3, 0.4) is 0 Å². The van der Waals surface area contributed by atoms with Gasteiger partial charge in [0.15, 0.2) is 24.2 Å². The monoisotopic (exact) mass is 510 g/mol. The summed E-state index contributed by atoms with van der Waals surface area (Å²) >= 11 is 3.70. The Kier molecular flexibility index (Phi) is 9.08. The lowest BCUT2D eigenvalue weighted by Crippen LogP contribution is -2.32. The number of methoxy groups -OCH3 is 1.